The summed E-state index contributed by atoms with van der Waals surface area (Å²) >= 11 is 0. The van der Waals surface area contributed by atoms with Crippen LogP contribution in [0.3, 0.4) is 0 Å². The van der Waals surface area contributed by atoms with Gasteiger partial charge >= 0.3 is 23.9 Å². The lowest BCUT2D eigenvalue weighted by Gasteiger charge is -2.43. The molecular formula is C16H22O10. The quantitative estimate of drug-likeness (QED) is 0.347. The molecule has 10 nitrogen and oxygen atoms in total. The van der Waals surface area contributed by atoms with E-state index in [4.69, 9.17) is 28.4 Å². The fourth-order valence-electron chi connectivity index (χ4n) is 2.39. The fraction of sp³-hybridized carbons (Fsp3) is 0.625. The fourth-order valence-corrected chi connectivity index (χ4v) is 2.39. The van der Waals surface area contributed by atoms with Crippen LogP contribution >= 0.6 is 0 Å². The largest absolute Gasteiger partial charge is 0.469 e. The molecule has 0 radical (unpaired) electrons. The van der Waals surface area contributed by atoms with Gasteiger partial charge in [-0.3, -0.25) is 19.2 Å². The van der Waals surface area contributed by atoms with Gasteiger partial charge in [0.2, 0.25) is 12.4 Å². The van der Waals surface area contributed by atoms with Crippen LogP contribution < -0.4 is 0 Å². The van der Waals surface area contributed by atoms with E-state index in [0.717, 1.165) is 27.0 Å². The number of carbonyl (C=O) groups excluding carboxylic acids is 4. The Kier molecular flexibility index (Phi) is 8.04. The monoisotopic (exact) mass is 374 g/mol. The average molecular weight is 374 g/mol. The van der Waals surface area contributed by atoms with Crippen molar-refractivity contribution in [3.05, 3.63) is 12.8 Å². The molecule has 1 aliphatic rings. The summed E-state index contributed by atoms with van der Waals surface area (Å²) in [5.41, 5.74) is 0. The molecule has 0 spiro atoms. The molecular weight excluding hydrogens is 352 g/mol. The minimum Gasteiger partial charge on any atom is -0.469 e. The van der Waals surface area contributed by atoms with Gasteiger partial charge in [0.05, 0.1) is 6.26 Å². The van der Waals surface area contributed by atoms with Crippen LogP contribution in [-0.4, -0.2) is 61.2 Å². The van der Waals surface area contributed by atoms with E-state index in [9.17, 15) is 19.2 Å². The van der Waals surface area contributed by atoms with Crippen molar-refractivity contribution in [3.63, 3.8) is 0 Å². The minimum atomic E-state index is -1.25. The predicted molar refractivity (Wildman–Crippen MR) is 83.2 cm³/mol. The summed E-state index contributed by atoms with van der Waals surface area (Å²) < 4.78 is 31.2. The Bertz CT molecular complexity index is 557. The van der Waals surface area contributed by atoms with Crippen LogP contribution in [0.15, 0.2) is 12.8 Å². The summed E-state index contributed by atoms with van der Waals surface area (Å²) in [6.07, 6.45) is -4.92. The van der Waals surface area contributed by atoms with E-state index in [1.807, 2.05) is 0 Å². The minimum absolute atomic E-state index is 0.311. The molecule has 146 valence electrons. The third-order valence-corrected chi connectivity index (χ3v) is 3.18. The van der Waals surface area contributed by atoms with Crippen LogP contribution in [0.2, 0.25) is 0 Å². The Labute approximate surface area is 150 Å². The SMILES string of the molecule is C=CO[C@@H]1O[C@H](COC(C)=O)[C@@H](OC(C)=O)[C@H](OC(C)=O)[C@H]1OC(C)=O. The Morgan fingerprint density at radius 2 is 1.35 bits per heavy atom. The van der Waals surface area contributed by atoms with Crippen LogP contribution in [0.5, 0.6) is 0 Å². The maximum absolute atomic E-state index is 11.5. The molecule has 1 saturated heterocycles. The molecule has 0 aromatic rings. The summed E-state index contributed by atoms with van der Waals surface area (Å²) in [4.78, 5) is 45.5. The van der Waals surface area contributed by atoms with Crippen molar-refractivity contribution in [2.75, 3.05) is 6.61 Å². The lowest BCUT2D eigenvalue weighted by atomic mass is 9.98. The van der Waals surface area contributed by atoms with Crippen LogP contribution in [0.4, 0.5) is 0 Å². The van der Waals surface area contributed by atoms with E-state index in [2.05, 4.69) is 6.58 Å². The highest BCUT2D eigenvalue weighted by molar-refractivity contribution is 5.68. The smallest absolute Gasteiger partial charge is 0.303 e. The molecule has 0 unspecified atom stereocenters. The second-order valence-corrected chi connectivity index (χ2v) is 5.37. The van der Waals surface area contributed by atoms with E-state index in [1.54, 1.807) is 0 Å². The van der Waals surface area contributed by atoms with E-state index < -0.39 is 54.6 Å². The third-order valence-electron chi connectivity index (χ3n) is 3.18. The van der Waals surface area contributed by atoms with Crippen LogP contribution in [-0.2, 0) is 47.6 Å². The Hall–Kier alpha value is -2.62. The first-order valence-corrected chi connectivity index (χ1v) is 7.72. The van der Waals surface area contributed by atoms with Crippen LogP contribution in [0.1, 0.15) is 27.7 Å². The molecule has 5 atom stereocenters. The van der Waals surface area contributed by atoms with Gasteiger partial charge in [-0.05, 0) is 0 Å². The molecule has 1 rings (SSSR count). The van der Waals surface area contributed by atoms with Gasteiger partial charge in [-0.15, -0.1) is 0 Å². The predicted octanol–water partition coefficient (Wildman–Crippen LogP) is 0.230. The Morgan fingerprint density at radius 1 is 0.846 bits per heavy atom. The van der Waals surface area contributed by atoms with Gasteiger partial charge in [-0.2, -0.15) is 0 Å². The molecule has 26 heavy (non-hydrogen) atoms. The number of hydrogen-bond donors (Lipinski definition) is 0. The van der Waals surface area contributed by atoms with Crippen LogP contribution in [0, 0.1) is 0 Å². The van der Waals surface area contributed by atoms with Crippen LogP contribution in [0.25, 0.3) is 0 Å². The zero-order valence-corrected chi connectivity index (χ0v) is 15.0. The summed E-state index contributed by atoms with van der Waals surface area (Å²) in [5, 5.41) is 0. The topological polar surface area (TPSA) is 124 Å². The Balaban J connectivity index is 3.24. The zero-order valence-electron chi connectivity index (χ0n) is 15.0. The number of ether oxygens (including phenoxy) is 6. The van der Waals surface area contributed by atoms with E-state index in [0.29, 0.717) is 0 Å². The second-order valence-electron chi connectivity index (χ2n) is 5.37. The lowest BCUT2D eigenvalue weighted by Crippen LogP contribution is -2.62. The van der Waals surface area contributed by atoms with Crippen molar-refractivity contribution >= 4 is 23.9 Å². The molecule has 0 aromatic carbocycles. The van der Waals surface area contributed by atoms with Crippen molar-refractivity contribution in [1.29, 1.82) is 0 Å². The Morgan fingerprint density at radius 3 is 1.81 bits per heavy atom. The molecule has 0 aromatic heterocycles. The first-order valence-electron chi connectivity index (χ1n) is 7.72. The highest BCUT2D eigenvalue weighted by Gasteiger charge is 2.53. The van der Waals surface area contributed by atoms with E-state index in [-0.39, 0.29) is 6.61 Å². The molecule has 0 amide bonds. The highest BCUT2D eigenvalue weighted by atomic mass is 16.7. The van der Waals surface area contributed by atoms with Crippen molar-refractivity contribution in [3.8, 4) is 0 Å². The molecule has 0 saturated carbocycles. The maximum atomic E-state index is 11.5. The number of rotatable bonds is 7. The molecule has 0 N–H and O–H groups in total. The average Bonchev–Trinajstić information content (AvgIpc) is 2.50. The number of hydrogen-bond acceptors (Lipinski definition) is 10. The maximum Gasteiger partial charge on any atom is 0.303 e. The lowest BCUT2D eigenvalue weighted by molar-refractivity contribution is -0.297. The first-order chi connectivity index (χ1) is 12.1. The number of carbonyl (C=O) groups is 4. The van der Waals surface area contributed by atoms with E-state index >= 15 is 0 Å². The molecule has 1 heterocycles. The van der Waals surface area contributed by atoms with Crippen molar-refractivity contribution in [2.24, 2.45) is 0 Å². The zero-order chi connectivity index (χ0) is 19.9. The van der Waals surface area contributed by atoms with Gasteiger partial charge in [0, 0.05) is 27.7 Å². The first kappa shape index (κ1) is 21.4. The van der Waals surface area contributed by atoms with Gasteiger partial charge < -0.3 is 28.4 Å². The normalized spacial score (nSPS) is 27.6. The van der Waals surface area contributed by atoms with Gasteiger partial charge in [-0.25, -0.2) is 0 Å². The standard InChI is InChI=1S/C16H22O10/c1-6-21-16-15(25-11(5)20)14(24-10(4)19)13(23-9(3)18)12(26-16)7-22-8(2)17/h6,12-16H,1,7H2,2-5H3/t12-,13-,14+,15-,16-/m1/s1. The molecule has 0 aliphatic carbocycles. The summed E-state index contributed by atoms with van der Waals surface area (Å²) in [5.74, 6) is -2.71. The van der Waals surface area contributed by atoms with Crippen molar-refractivity contribution in [1.82, 2.24) is 0 Å². The summed E-state index contributed by atoms with van der Waals surface area (Å²) in [6, 6.07) is 0. The third kappa shape index (κ3) is 6.36. The van der Waals surface area contributed by atoms with Gasteiger partial charge in [0.15, 0.2) is 12.2 Å². The molecule has 10 heteroatoms. The second kappa shape index (κ2) is 9.76. The molecule has 1 aliphatic heterocycles. The van der Waals surface area contributed by atoms with Gasteiger partial charge in [-0.1, -0.05) is 6.58 Å². The summed E-state index contributed by atoms with van der Waals surface area (Å²) in [7, 11) is 0. The van der Waals surface area contributed by atoms with Crippen molar-refractivity contribution < 1.29 is 47.6 Å². The van der Waals surface area contributed by atoms with Gasteiger partial charge in [0.1, 0.15) is 12.7 Å². The van der Waals surface area contributed by atoms with E-state index in [1.165, 1.54) is 6.92 Å². The number of esters is 4. The summed E-state index contributed by atoms with van der Waals surface area (Å²) in [6.45, 7) is 7.69. The highest BCUT2D eigenvalue weighted by Crippen LogP contribution is 2.29. The molecule has 1 fully saturated rings. The van der Waals surface area contributed by atoms with Gasteiger partial charge in [0.25, 0.3) is 0 Å². The molecule has 0 bridgehead atoms. The van der Waals surface area contributed by atoms with Crippen molar-refractivity contribution in [2.45, 2.75) is 58.4 Å².